The van der Waals surface area contributed by atoms with Crippen molar-refractivity contribution in [2.75, 3.05) is 10.6 Å². The standard InChI is InChI=1S/C25H29F3N4O/c1-23(2,3)16-11-13-17(14-12-16)30-22-29-15-18(25(26,27)28)21(32-22)31-19-9-7-8-10-20(19)33-24(4,5)6/h7-15H,1-6H3,(H2,29,30,31,32). The molecule has 5 nitrogen and oxygen atoms in total. The van der Waals surface area contributed by atoms with Gasteiger partial charge in [-0.05, 0) is 56.0 Å². The largest absolute Gasteiger partial charge is 0.486 e. The highest BCUT2D eigenvalue weighted by atomic mass is 19.4. The Balaban J connectivity index is 1.94. The summed E-state index contributed by atoms with van der Waals surface area (Å²) in [5.41, 5.74) is 0.675. The van der Waals surface area contributed by atoms with E-state index in [1.807, 2.05) is 45.0 Å². The number of anilines is 4. The predicted molar refractivity (Wildman–Crippen MR) is 126 cm³/mol. The van der Waals surface area contributed by atoms with Crippen LogP contribution in [0.25, 0.3) is 0 Å². The normalized spacial score (nSPS) is 12.4. The minimum atomic E-state index is -4.63. The zero-order chi connectivity index (χ0) is 24.4. The van der Waals surface area contributed by atoms with Crippen LogP contribution < -0.4 is 15.4 Å². The Kier molecular flexibility index (Phi) is 6.58. The summed E-state index contributed by atoms with van der Waals surface area (Å²) in [7, 11) is 0. The molecule has 0 radical (unpaired) electrons. The lowest BCUT2D eigenvalue weighted by atomic mass is 9.87. The molecule has 0 aliphatic heterocycles. The van der Waals surface area contributed by atoms with Crippen molar-refractivity contribution in [2.45, 2.75) is 58.7 Å². The molecule has 3 rings (SSSR count). The molecule has 0 bridgehead atoms. The lowest BCUT2D eigenvalue weighted by Crippen LogP contribution is -2.23. The van der Waals surface area contributed by atoms with E-state index in [0.29, 0.717) is 17.1 Å². The molecule has 0 saturated carbocycles. The number of nitrogens with zero attached hydrogens (tertiary/aromatic N) is 2. The molecule has 33 heavy (non-hydrogen) atoms. The summed E-state index contributed by atoms with van der Waals surface area (Å²) in [6.07, 6.45) is -3.86. The maximum atomic E-state index is 13.7. The van der Waals surface area contributed by atoms with E-state index < -0.39 is 17.3 Å². The van der Waals surface area contributed by atoms with Crippen molar-refractivity contribution in [3.05, 3.63) is 65.9 Å². The van der Waals surface area contributed by atoms with Crippen molar-refractivity contribution in [3.63, 3.8) is 0 Å². The molecule has 3 aromatic rings. The van der Waals surface area contributed by atoms with E-state index in [0.717, 1.165) is 11.8 Å². The number of hydrogen-bond donors (Lipinski definition) is 2. The van der Waals surface area contributed by atoms with Gasteiger partial charge in [-0.2, -0.15) is 18.2 Å². The highest BCUT2D eigenvalue weighted by molar-refractivity contribution is 5.67. The molecule has 0 aliphatic rings. The van der Waals surface area contributed by atoms with Gasteiger partial charge in [-0.15, -0.1) is 0 Å². The Labute approximate surface area is 192 Å². The minimum absolute atomic E-state index is 0.0109. The number of hydrogen-bond acceptors (Lipinski definition) is 5. The van der Waals surface area contributed by atoms with E-state index in [2.05, 4.69) is 41.4 Å². The summed E-state index contributed by atoms with van der Waals surface area (Å²) in [6.45, 7) is 11.9. The number of nitrogens with one attached hydrogen (secondary N) is 2. The third kappa shape index (κ3) is 6.60. The first-order valence-electron chi connectivity index (χ1n) is 10.6. The van der Waals surface area contributed by atoms with Crippen LogP contribution in [0.2, 0.25) is 0 Å². The van der Waals surface area contributed by atoms with Gasteiger partial charge < -0.3 is 15.4 Å². The molecule has 0 spiro atoms. The first-order valence-corrected chi connectivity index (χ1v) is 10.6. The molecule has 8 heteroatoms. The average Bonchev–Trinajstić information content (AvgIpc) is 2.67. The monoisotopic (exact) mass is 458 g/mol. The van der Waals surface area contributed by atoms with Gasteiger partial charge in [0.15, 0.2) is 0 Å². The summed E-state index contributed by atoms with van der Waals surface area (Å²) in [5, 5.41) is 5.77. The van der Waals surface area contributed by atoms with Gasteiger partial charge in [0, 0.05) is 11.9 Å². The minimum Gasteiger partial charge on any atom is -0.486 e. The molecular formula is C25H29F3N4O. The van der Waals surface area contributed by atoms with Crippen molar-refractivity contribution in [3.8, 4) is 5.75 Å². The molecule has 0 fully saturated rings. The van der Waals surface area contributed by atoms with Gasteiger partial charge >= 0.3 is 6.18 Å². The highest BCUT2D eigenvalue weighted by Gasteiger charge is 2.35. The van der Waals surface area contributed by atoms with Gasteiger partial charge in [0.1, 0.15) is 22.7 Å². The number of para-hydroxylation sites is 2. The summed E-state index contributed by atoms with van der Waals surface area (Å²) < 4.78 is 46.9. The number of ether oxygens (including phenoxy) is 1. The van der Waals surface area contributed by atoms with Crippen LogP contribution in [0, 0.1) is 0 Å². The number of rotatable bonds is 5. The Hall–Kier alpha value is -3.29. The predicted octanol–water partition coefficient (Wildman–Crippen LogP) is 7.46. The van der Waals surface area contributed by atoms with Crippen molar-refractivity contribution in [2.24, 2.45) is 0 Å². The molecule has 1 aromatic heterocycles. The van der Waals surface area contributed by atoms with Crippen LogP contribution in [-0.2, 0) is 11.6 Å². The Bertz CT molecular complexity index is 1100. The molecular weight excluding hydrogens is 429 g/mol. The second-order valence-corrected chi connectivity index (χ2v) is 9.74. The van der Waals surface area contributed by atoms with E-state index in [9.17, 15) is 13.2 Å². The lowest BCUT2D eigenvalue weighted by Gasteiger charge is -2.24. The van der Waals surface area contributed by atoms with Crippen LogP contribution in [-0.4, -0.2) is 15.6 Å². The van der Waals surface area contributed by atoms with Crippen LogP contribution in [0.5, 0.6) is 5.75 Å². The maximum absolute atomic E-state index is 13.7. The second-order valence-electron chi connectivity index (χ2n) is 9.74. The van der Waals surface area contributed by atoms with Crippen LogP contribution in [0.1, 0.15) is 52.7 Å². The SMILES string of the molecule is CC(C)(C)Oc1ccccc1Nc1nc(Nc2ccc(C(C)(C)C)cc2)ncc1C(F)(F)F. The number of alkyl halides is 3. The lowest BCUT2D eigenvalue weighted by molar-refractivity contribution is -0.137. The van der Waals surface area contributed by atoms with Gasteiger partial charge in [-0.1, -0.05) is 45.0 Å². The summed E-state index contributed by atoms with van der Waals surface area (Å²) >= 11 is 0. The number of aromatic nitrogens is 2. The summed E-state index contributed by atoms with van der Waals surface area (Å²) in [6, 6.07) is 14.4. The van der Waals surface area contributed by atoms with Crippen LogP contribution in [0.15, 0.2) is 54.7 Å². The zero-order valence-electron chi connectivity index (χ0n) is 19.6. The van der Waals surface area contributed by atoms with Crippen molar-refractivity contribution in [1.29, 1.82) is 0 Å². The fraction of sp³-hybridized carbons (Fsp3) is 0.360. The number of benzene rings is 2. The van der Waals surface area contributed by atoms with E-state index in [1.165, 1.54) is 0 Å². The van der Waals surface area contributed by atoms with E-state index in [-0.39, 0.29) is 17.2 Å². The molecule has 176 valence electrons. The first-order chi connectivity index (χ1) is 15.2. The second kappa shape index (κ2) is 8.92. The highest BCUT2D eigenvalue weighted by Crippen LogP contribution is 2.37. The van der Waals surface area contributed by atoms with E-state index in [1.54, 1.807) is 24.3 Å². The van der Waals surface area contributed by atoms with Gasteiger partial charge in [0.2, 0.25) is 5.95 Å². The Morgan fingerprint density at radius 3 is 2.03 bits per heavy atom. The fourth-order valence-electron chi connectivity index (χ4n) is 3.04. The van der Waals surface area contributed by atoms with Crippen molar-refractivity contribution in [1.82, 2.24) is 9.97 Å². The molecule has 1 heterocycles. The van der Waals surface area contributed by atoms with Crippen molar-refractivity contribution >= 4 is 23.1 Å². The van der Waals surface area contributed by atoms with Crippen LogP contribution in [0.4, 0.5) is 36.3 Å². The van der Waals surface area contributed by atoms with Gasteiger partial charge in [-0.3, -0.25) is 0 Å². The van der Waals surface area contributed by atoms with Crippen LogP contribution in [0.3, 0.4) is 0 Å². The molecule has 2 aromatic carbocycles. The number of halogens is 3. The third-order valence-electron chi connectivity index (χ3n) is 4.66. The van der Waals surface area contributed by atoms with E-state index >= 15 is 0 Å². The third-order valence-corrected chi connectivity index (χ3v) is 4.66. The first kappa shape index (κ1) is 24.4. The molecule has 0 atom stereocenters. The van der Waals surface area contributed by atoms with E-state index in [4.69, 9.17) is 4.74 Å². The van der Waals surface area contributed by atoms with Gasteiger partial charge in [0.05, 0.1) is 5.69 Å². The maximum Gasteiger partial charge on any atom is 0.421 e. The average molecular weight is 459 g/mol. The Morgan fingerprint density at radius 2 is 1.45 bits per heavy atom. The summed E-state index contributed by atoms with van der Waals surface area (Å²) in [5.74, 6) is 0.100. The fourth-order valence-corrected chi connectivity index (χ4v) is 3.04. The molecule has 0 aliphatic carbocycles. The quantitative estimate of drug-likeness (QED) is 0.416. The summed E-state index contributed by atoms with van der Waals surface area (Å²) in [4.78, 5) is 8.01. The zero-order valence-corrected chi connectivity index (χ0v) is 19.6. The molecule has 0 amide bonds. The van der Waals surface area contributed by atoms with Gasteiger partial charge in [-0.25, -0.2) is 4.98 Å². The van der Waals surface area contributed by atoms with Crippen LogP contribution >= 0.6 is 0 Å². The smallest absolute Gasteiger partial charge is 0.421 e. The molecule has 2 N–H and O–H groups in total. The molecule has 0 saturated heterocycles. The van der Waals surface area contributed by atoms with Crippen molar-refractivity contribution < 1.29 is 17.9 Å². The molecule has 0 unspecified atom stereocenters. The van der Waals surface area contributed by atoms with Gasteiger partial charge in [0.25, 0.3) is 0 Å². The topological polar surface area (TPSA) is 59.1 Å². The Morgan fingerprint density at radius 1 is 0.818 bits per heavy atom.